The summed E-state index contributed by atoms with van der Waals surface area (Å²) < 4.78 is 14.0. The first kappa shape index (κ1) is 12.3. The molecule has 0 spiro atoms. The molecule has 0 aliphatic carbocycles. The smallest absolute Gasteiger partial charge is 0.104 e. The fraction of sp³-hybridized carbons (Fsp3) is 0.429. The Morgan fingerprint density at radius 2 is 1.88 bits per heavy atom. The molecule has 2 nitrogen and oxygen atoms in total. The minimum Gasteiger partial charge on any atom is -0.242 e. The van der Waals surface area contributed by atoms with Crippen molar-refractivity contribution >= 4 is 11.0 Å². The molecule has 0 N–H and O–H groups in total. The van der Waals surface area contributed by atoms with E-state index in [-0.39, 0.29) is 16.8 Å². The molecule has 0 amide bonds. The van der Waals surface area contributed by atoms with Crippen LogP contribution >= 0.6 is 0 Å². The minimum absolute atomic E-state index is 0.0301. The second kappa shape index (κ2) is 4.29. The average molecular weight is 247 g/mol. The Hall–Kier alpha value is -1.11. The molecule has 90 valence electrons. The Morgan fingerprint density at radius 1 is 1.29 bits per heavy atom. The third-order valence-electron chi connectivity index (χ3n) is 2.78. The molecule has 4 atom stereocenters. The maximum atomic E-state index is 12.3. The van der Waals surface area contributed by atoms with Crippen LogP contribution in [-0.2, 0) is 11.0 Å². The van der Waals surface area contributed by atoms with Gasteiger partial charge in [-0.2, -0.15) is 4.31 Å². The lowest BCUT2D eigenvalue weighted by molar-refractivity contribution is 0.604. The Balaban J connectivity index is 2.23. The van der Waals surface area contributed by atoms with Gasteiger partial charge in [0.15, 0.2) is 0 Å². The zero-order valence-corrected chi connectivity index (χ0v) is 11.2. The van der Waals surface area contributed by atoms with Crippen LogP contribution in [0.15, 0.2) is 30.3 Å². The summed E-state index contributed by atoms with van der Waals surface area (Å²) in [6.45, 7) is 5.91. The van der Waals surface area contributed by atoms with Crippen molar-refractivity contribution in [3.05, 3.63) is 35.9 Å². The molecule has 0 radical (unpaired) electrons. The van der Waals surface area contributed by atoms with Gasteiger partial charge in [0.25, 0.3) is 0 Å². The molecule has 0 bridgehead atoms. The van der Waals surface area contributed by atoms with E-state index in [0.29, 0.717) is 0 Å². The van der Waals surface area contributed by atoms with E-state index in [2.05, 4.69) is 5.92 Å². The van der Waals surface area contributed by atoms with Crippen LogP contribution in [-0.4, -0.2) is 19.3 Å². The van der Waals surface area contributed by atoms with Crippen molar-refractivity contribution in [1.82, 2.24) is 4.31 Å². The van der Waals surface area contributed by atoms with Crippen molar-refractivity contribution in [2.45, 2.75) is 37.6 Å². The van der Waals surface area contributed by atoms with Crippen molar-refractivity contribution in [2.24, 2.45) is 0 Å². The van der Waals surface area contributed by atoms with Gasteiger partial charge in [-0.05, 0) is 26.3 Å². The Bertz CT molecular complexity index is 469. The number of hydrogen-bond donors (Lipinski definition) is 0. The maximum absolute atomic E-state index is 12.3. The summed E-state index contributed by atoms with van der Waals surface area (Å²) >= 11 is 0. The highest BCUT2D eigenvalue weighted by atomic mass is 32.2. The maximum Gasteiger partial charge on any atom is 0.104 e. The highest BCUT2D eigenvalue weighted by Crippen LogP contribution is 2.46. The predicted octanol–water partition coefficient (Wildman–Crippen LogP) is 2.51. The van der Waals surface area contributed by atoms with E-state index in [1.54, 1.807) is 0 Å². The fourth-order valence-corrected chi connectivity index (χ4v) is 3.28. The number of nitrogens with zero attached hydrogens (tertiary/aromatic N) is 1. The summed E-state index contributed by atoms with van der Waals surface area (Å²) in [4.78, 5) is 0. The first-order chi connectivity index (χ1) is 7.96. The van der Waals surface area contributed by atoms with Gasteiger partial charge in [0, 0.05) is 0 Å². The van der Waals surface area contributed by atoms with Gasteiger partial charge in [-0.15, -0.1) is 6.42 Å². The summed E-state index contributed by atoms with van der Waals surface area (Å²) in [5, 5.41) is 0. The third-order valence-corrected chi connectivity index (χ3v) is 4.67. The van der Waals surface area contributed by atoms with Gasteiger partial charge in [0.2, 0.25) is 0 Å². The van der Waals surface area contributed by atoms with Gasteiger partial charge >= 0.3 is 0 Å². The van der Waals surface area contributed by atoms with Crippen LogP contribution in [0, 0.1) is 12.3 Å². The molecule has 1 aliphatic heterocycles. The fourth-order valence-electron chi connectivity index (χ4n) is 1.88. The monoisotopic (exact) mass is 247 g/mol. The molecule has 1 saturated heterocycles. The first-order valence-corrected chi connectivity index (χ1v) is 6.79. The molecule has 1 aromatic rings. The van der Waals surface area contributed by atoms with Gasteiger partial charge in [-0.3, -0.25) is 0 Å². The molecule has 3 heteroatoms. The molecule has 1 heterocycles. The Kier molecular flexibility index (Phi) is 3.11. The number of benzene rings is 1. The molecular formula is C14H17NOS. The van der Waals surface area contributed by atoms with Crippen LogP contribution in [0.5, 0.6) is 0 Å². The standard InChI is InChI=1S/C14H17NOS/c1-5-12-13(11-9-7-6-8-10-11)15(12)17(16)14(2,3)4/h1,6-10,12-13H,2-4H3/t12-,13-,15?,17-/m1/s1. The lowest BCUT2D eigenvalue weighted by Crippen LogP contribution is -2.28. The van der Waals surface area contributed by atoms with Gasteiger partial charge in [0.05, 0.1) is 10.8 Å². The molecule has 1 fully saturated rings. The lowest BCUT2D eigenvalue weighted by atomic mass is 10.1. The normalized spacial score (nSPS) is 29.4. The molecule has 2 rings (SSSR count). The summed E-state index contributed by atoms with van der Waals surface area (Å²) in [7, 11) is -1.05. The Labute approximate surface area is 106 Å². The van der Waals surface area contributed by atoms with Crippen molar-refractivity contribution in [3.63, 3.8) is 0 Å². The largest absolute Gasteiger partial charge is 0.242 e. The highest BCUT2D eigenvalue weighted by Gasteiger charge is 2.53. The van der Waals surface area contributed by atoms with E-state index < -0.39 is 11.0 Å². The van der Waals surface area contributed by atoms with Gasteiger partial charge in [-0.25, -0.2) is 4.21 Å². The quantitative estimate of drug-likeness (QED) is 0.581. The van der Waals surface area contributed by atoms with Crippen LogP contribution in [0.25, 0.3) is 0 Å². The van der Waals surface area contributed by atoms with Gasteiger partial charge in [0.1, 0.15) is 17.0 Å². The molecular weight excluding hydrogens is 230 g/mol. The number of rotatable bonds is 2. The molecule has 1 aliphatic rings. The van der Waals surface area contributed by atoms with E-state index in [1.165, 1.54) is 0 Å². The first-order valence-electron chi connectivity index (χ1n) is 5.68. The minimum atomic E-state index is -1.05. The second-order valence-electron chi connectivity index (χ2n) is 5.19. The van der Waals surface area contributed by atoms with E-state index in [4.69, 9.17) is 6.42 Å². The third kappa shape index (κ3) is 2.29. The topological polar surface area (TPSA) is 20.1 Å². The summed E-state index contributed by atoms with van der Waals surface area (Å²) in [5.41, 5.74) is 1.15. The summed E-state index contributed by atoms with van der Waals surface area (Å²) in [5.74, 6) is 2.72. The summed E-state index contributed by atoms with van der Waals surface area (Å²) in [6.07, 6.45) is 5.51. The molecule has 1 aromatic carbocycles. The van der Waals surface area contributed by atoms with Crippen LogP contribution in [0.3, 0.4) is 0 Å². The van der Waals surface area contributed by atoms with Crippen molar-refractivity contribution in [1.29, 1.82) is 0 Å². The predicted molar refractivity (Wildman–Crippen MR) is 71.5 cm³/mol. The molecule has 0 aromatic heterocycles. The van der Waals surface area contributed by atoms with Crippen LogP contribution in [0.2, 0.25) is 0 Å². The summed E-state index contributed by atoms with van der Waals surface area (Å²) in [6, 6.07) is 10.1. The van der Waals surface area contributed by atoms with Crippen LogP contribution in [0.1, 0.15) is 32.4 Å². The van der Waals surface area contributed by atoms with Crippen LogP contribution < -0.4 is 0 Å². The van der Waals surface area contributed by atoms with Crippen LogP contribution in [0.4, 0.5) is 0 Å². The zero-order chi connectivity index (χ0) is 12.6. The molecule has 0 saturated carbocycles. The molecule has 1 unspecified atom stereocenters. The van der Waals surface area contributed by atoms with E-state index in [1.807, 2.05) is 55.4 Å². The average Bonchev–Trinajstić information content (AvgIpc) is 3.02. The van der Waals surface area contributed by atoms with Gasteiger partial charge in [-0.1, -0.05) is 36.3 Å². The SMILES string of the molecule is C#C[C@@H]1[C@@H](c2ccccc2)N1[S@](=O)C(C)(C)C. The van der Waals surface area contributed by atoms with Gasteiger partial charge < -0.3 is 0 Å². The second-order valence-corrected chi connectivity index (χ2v) is 7.33. The highest BCUT2D eigenvalue weighted by molar-refractivity contribution is 7.84. The van der Waals surface area contributed by atoms with E-state index in [0.717, 1.165) is 5.56 Å². The lowest BCUT2D eigenvalue weighted by Gasteiger charge is -2.18. The zero-order valence-electron chi connectivity index (χ0n) is 10.4. The Morgan fingerprint density at radius 3 is 2.35 bits per heavy atom. The van der Waals surface area contributed by atoms with E-state index >= 15 is 0 Å². The number of terminal acetylenes is 1. The molecule has 17 heavy (non-hydrogen) atoms. The van der Waals surface area contributed by atoms with Crippen molar-refractivity contribution < 1.29 is 4.21 Å². The number of hydrogen-bond acceptors (Lipinski definition) is 1. The van der Waals surface area contributed by atoms with Crippen molar-refractivity contribution in [2.75, 3.05) is 0 Å². The van der Waals surface area contributed by atoms with Crippen molar-refractivity contribution in [3.8, 4) is 12.3 Å². The van der Waals surface area contributed by atoms with E-state index in [9.17, 15) is 4.21 Å².